The van der Waals surface area contributed by atoms with Gasteiger partial charge in [0.15, 0.2) is 0 Å². The van der Waals surface area contributed by atoms with Crippen molar-refractivity contribution < 1.29 is 9.53 Å². The van der Waals surface area contributed by atoms with Crippen LogP contribution in [-0.2, 0) is 36.0 Å². The first-order valence-corrected chi connectivity index (χ1v) is 8.15. The number of rotatable bonds is 4. The van der Waals surface area contributed by atoms with E-state index in [0.29, 0.717) is 13.2 Å². The number of hydrogen-bond acceptors (Lipinski definition) is 3. The zero-order valence-corrected chi connectivity index (χ0v) is 12.9. The molecule has 2 aliphatic rings. The van der Waals surface area contributed by atoms with Gasteiger partial charge >= 0.3 is 0 Å². The number of aryl methyl sites for hydroxylation is 1. The van der Waals surface area contributed by atoms with Crippen LogP contribution in [-0.4, -0.2) is 28.8 Å². The Morgan fingerprint density at radius 2 is 2.19 bits per heavy atom. The smallest absolute Gasteiger partial charge is 0.223 e. The predicted octanol–water partition coefficient (Wildman–Crippen LogP) is 1.73. The number of fused-ring (bicyclic) bond motifs is 1. The Bertz CT molecular complexity index is 504. The summed E-state index contributed by atoms with van der Waals surface area (Å²) in [4.78, 5) is 12.1. The SMILES string of the molecule is Cn1nc(CCNC(=O)C2CCCCC2)c2c1CCOC2. The third kappa shape index (κ3) is 3.28. The van der Waals surface area contributed by atoms with E-state index in [1.807, 2.05) is 11.7 Å². The van der Waals surface area contributed by atoms with Gasteiger partial charge in [-0.3, -0.25) is 9.48 Å². The summed E-state index contributed by atoms with van der Waals surface area (Å²) in [6.07, 6.45) is 7.52. The predicted molar refractivity (Wildman–Crippen MR) is 79.9 cm³/mol. The Balaban J connectivity index is 1.52. The van der Waals surface area contributed by atoms with Crippen molar-refractivity contribution in [2.24, 2.45) is 13.0 Å². The molecule has 1 N–H and O–H groups in total. The molecule has 2 heterocycles. The van der Waals surface area contributed by atoms with Crippen LogP contribution in [0.4, 0.5) is 0 Å². The molecule has 3 rings (SSSR count). The van der Waals surface area contributed by atoms with E-state index < -0.39 is 0 Å². The van der Waals surface area contributed by atoms with Crippen LogP contribution in [0.3, 0.4) is 0 Å². The number of nitrogens with one attached hydrogen (secondary N) is 1. The Labute approximate surface area is 126 Å². The highest BCUT2D eigenvalue weighted by atomic mass is 16.5. The second-order valence-corrected chi connectivity index (χ2v) is 6.17. The topological polar surface area (TPSA) is 56.2 Å². The van der Waals surface area contributed by atoms with E-state index in [4.69, 9.17) is 4.74 Å². The van der Waals surface area contributed by atoms with E-state index in [-0.39, 0.29) is 11.8 Å². The zero-order chi connectivity index (χ0) is 14.7. The average molecular weight is 291 g/mol. The average Bonchev–Trinajstić information content (AvgIpc) is 2.85. The van der Waals surface area contributed by atoms with Crippen molar-refractivity contribution in [1.82, 2.24) is 15.1 Å². The maximum absolute atomic E-state index is 12.1. The number of hydrogen-bond donors (Lipinski definition) is 1. The molecule has 1 amide bonds. The van der Waals surface area contributed by atoms with Crippen molar-refractivity contribution in [3.63, 3.8) is 0 Å². The molecule has 1 aliphatic heterocycles. The largest absolute Gasteiger partial charge is 0.376 e. The zero-order valence-electron chi connectivity index (χ0n) is 12.9. The molecule has 5 heteroatoms. The van der Waals surface area contributed by atoms with E-state index in [1.54, 1.807) is 0 Å². The molecule has 0 unspecified atom stereocenters. The fourth-order valence-corrected chi connectivity index (χ4v) is 3.50. The first-order valence-electron chi connectivity index (χ1n) is 8.15. The molecule has 21 heavy (non-hydrogen) atoms. The van der Waals surface area contributed by atoms with Gasteiger partial charge in [-0.15, -0.1) is 0 Å². The monoisotopic (exact) mass is 291 g/mol. The highest BCUT2D eigenvalue weighted by Crippen LogP contribution is 2.24. The first kappa shape index (κ1) is 14.6. The van der Waals surface area contributed by atoms with Crippen molar-refractivity contribution in [3.8, 4) is 0 Å². The number of nitrogens with zero attached hydrogens (tertiary/aromatic N) is 2. The molecule has 116 valence electrons. The number of carbonyl (C=O) groups excluding carboxylic acids is 1. The van der Waals surface area contributed by atoms with Gasteiger partial charge in [0.2, 0.25) is 5.91 Å². The van der Waals surface area contributed by atoms with Crippen LogP contribution in [0.5, 0.6) is 0 Å². The van der Waals surface area contributed by atoms with E-state index in [0.717, 1.165) is 38.0 Å². The molecular formula is C16H25N3O2. The van der Waals surface area contributed by atoms with Gasteiger partial charge in [0.1, 0.15) is 0 Å². The summed E-state index contributed by atoms with van der Waals surface area (Å²) in [5.41, 5.74) is 3.60. The van der Waals surface area contributed by atoms with Crippen molar-refractivity contribution in [2.45, 2.75) is 51.6 Å². The molecule has 1 aromatic heterocycles. The lowest BCUT2D eigenvalue weighted by molar-refractivity contribution is -0.125. The maximum atomic E-state index is 12.1. The highest BCUT2D eigenvalue weighted by molar-refractivity contribution is 5.78. The summed E-state index contributed by atoms with van der Waals surface area (Å²) < 4.78 is 7.50. The van der Waals surface area contributed by atoms with Gasteiger partial charge < -0.3 is 10.1 Å². The molecule has 5 nitrogen and oxygen atoms in total. The summed E-state index contributed by atoms with van der Waals surface area (Å²) in [5, 5.41) is 7.67. The molecule has 0 aromatic carbocycles. The summed E-state index contributed by atoms with van der Waals surface area (Å²) >= 11 is 0. The second-order valence-electron chi connectivity index (χ2n) is 6.17. The van der Waals surface area contributed by atoms with Crippen molar-refractivity contribution in [3.05, 3.63) is 17.0 Å². The van der Waals surface area contributed by atoms with Gasteiger partial charge in [-0.1, -0.05) is 19.3 Å². The van der Waals surface area contributed by atoms with Crippen LogP contribution < -0.4 is 5.32 Å². The Morgan fingerprint density at radius 3 is 3.00 bits per heavy atom. The molecule has 0 saturated heterocycles. The number of ether oxygens (including phenoxy) is 1. The highest BCUT2D eigenvalue weighted by Gasteiger charge is 2.22. The van der Waals surface area contributed by atoms with Crippen molar-refractivity contribution >= 4 is 5.91 Å². The van der Waals surface area contributed by atoms with Crippen LogP contribution in [0.2, 0.25) is 0 Å². The lowest BCUT2D eigenvalue weighted by atomic mass is 9.88. The minimum absolute atomic E-state index is 0.232. The summed E-state index contributed by atoms with van der Waals surface area (Å²) in [6, 6.07) is 0. The van der Waals surface area contributed by atoms with Crippen LogP contribution >= 0.6 is 0 Å². The van der Waals surface area contributed by atoms with E-state index >= 15 is 0 Å². The maximum Gasteiger partial charge on any atom is 0.223 e. The van der Waals surface area contributed by atoms with E-state index in [9.17, 15) is 4.79 Å². The van der Waals surface area contributed by atoms with Crippen LogP contribution in [0, 0.1) is 5.92 Å². The van der Waals surface area contributed by atoms with Gasteiger partial charge in [-0.2, -0.15) is 5.10 Å². The molecule has 1 fully saturated rings. The van der Waals surface area contributed by atoms with Crippen LogP contribution in [0.25, 0.3) is 0 Å². The second kappa shape index (κ2) is 6.60. The Morgan fingerprint density at radius 1 is 1.38 bits per heavy atom. The number of aromatic nitrogens is 2. The summed E-state index contributed by atoms with van der Waals surface area (Å²) in [7, 11) is 1.99. The molecule has 0 bridgehead atoms. The quantitative estimate of drug-likeness (QED) is 0.919. The van der Waals surface area contributed by atoms with Gasteiger partial charge in [0.05, 0.1) is 18.9 Å². The first-order chi connectivity index (χ1) is 10.3. The minimum Gasteiger partial charge on any atom is -0.376 e. The molecule has 1 saturated carbocycles. The van der Waals surface area contributed by atoms with Crippen LogP contribution in [0.15, 0.2) is 0 Å². The van der Waals surface area contributed by atoms with E-state index in [1.165, 1.54) is 30.5 Å². The lowest BCUT2D eigenvalue weighted by Gasteiger charge is -2.20. The van der Waals surface area contributed by atoms with Crippen molar-refractivity contribution in [2.75, 3.05) is 13.2 Å². The molecule has 0 spiro atoms. The number of carbonyl (C=O) groups is 1. The van der Waals surface area contributed by atoms with Gasteiger partial charge in [0.25, 0.3) is 0 Å². The lowest BCUT2D eigenvalue weighted by Crippen LogP contribution is -2.33. The Kier molecular flexibility index (Phi) is 4.58. The number of amides is 1. The fourth-order valence-electron chi connectivity index (χ4n) is 3.50. The molecule has 1 aliphatic carbocycles. The van der Waals surface area contributed by atoms with Gasteiger partial charge in [0, 0.05) is 43.6 Å². The van der Waals surface area contributed by atoms with Crippen LogP contribution in [0.1, 0.15) is 49.1 Å². The van der Waals surface area contributed by atoms with Crippen molar-refractivity contribution in [1.29, 1.82) is 0 Å². The third-order valence-corrected chi connectivity index (χ3v) is 4.72. The summed E-state index contributed by atoms with van der Waals surface area (Å²) in [5.74, 6) is 0.468. The summed E-state index contributed by atoms with van der Waals surface area (Å²) in [6.45, 7) is 2.12. The third-order valence-electron chi connectivity index (χ3n) is 4.72. The molecular weight excluding hydrogens is 266 g/mol. The Hall–Kier alpha value is -1.36. The normalized spacial score (nSPS) is 19.3. The standard InChI is InChI=1S/C16H25N3O2/c1-19-15-8-10-21-11-13(15)14(18-19)7-9-17-16(20)12-5-3-2-4-6-12/h12H,2-11H2,1H3,(H,17,20). The van der Waals surface area contributed by atoms with Gasteiger partial charge in [-0.05, 0) is 12.8 Å². The van der Waals surface area contributed by atoms with Gasteiger partial charge in [-0.25, -0.2) is 0 Å². The molecule has 0 atom stereocenters. The van der Waals surface area contributed by atoms with E-state index in [2.05, 4.69) is 10.4 Å². The molecule has 0 radical (unpaired) electrons. The minimum atomic E-state index is 0.232. The molecule has 1 aromatic rings. The fraction of sp³-hybridized carbons (Fsp3) is 0.750.